The second-order valence-electron chi connectivity index (χ2n) is 9.61. The first-order valence-electron chi connectivity index (χ1n) is 13.5. The zero-order chi connectivity index (χ0) is 29.7. The number of rotatable bonds is 11. The number of nitrogens with zero attached hydrogens (tertiary/aromatic N) is 1. The molecule has 0 saturated heterocycles. The Morgan fingerprint density at radius 2 is 1.50 bits per heavy atom. The van der Waals surface area contributed by atoms with Gasteiger partial charge in [0.2, 0.25) is 5.91 Å². The summed E-state index contributed by atoms with van der Waals surface area (Å²) < 4.78 is 10.4. The first-order chi connectivity index (χ1) is 20.4. The topological polar surface area (TPSA) is 107 Å². The second-order valence-corrected chi connectivity index (χ2v) is 9.61. The molecule has 0 radical (unpaired) electrons. The molecule has 8 nitrogen and oxygen atoms in total. The number of alkyl carbamates (subject to hydrolysis) is 1. The van der Waals surface area contributed by atoms with E-state index in [0.29, 0.717) is 28.8 Å². The van der Waals surface area contributed by atoms with Crippen molar-refractivity contribution >= 4 is 23.5 Å². The van der Waals surface area contributed by atoms with Gasteiger partial charge in [-0.25, -0.2) is 9.59 Å². The van der Waals surface area contributed by atoms with Crippen LogP contribution in [0.25, 0.3) is 5.57 Å². The van der Waals surface area contributed by atoms with E-state index in [4.69, 9.17) is 9.47 Å². The summed E-state index contributed by atoms with van der Waals surface area (Å²) in [6, 6.07) is 28.7. The van der Waals surface area contributed by atoms with Crippen LogP contribution in [-0.2, 0) is 27.4 Å². The predicted molar refractivity (Wildman–Crippen MR) is 160 cm³/mol. The third-order valence-electron chi connectivity index (χ3n) is 6.60. The van der Waals surface area contributed by atoms with Crippen LogP contribution in [0.15, 0.2) is 116 Å². The van der Waals surface area contributed by atoms with Gasteiger partial charge in [-0.2, -0.15) is 0 Å². The quantitative estimate of drug-likeness (QED) is 0.221. The lowest BCUT2D eigenvalue weighted by atomic mass is 9.90. The Hall–Kier alpha value is -5.24. The molecule has 2 amide bonds. The van der Waals surface area contributed by atoms with Crippen LogP contribution in [0.2, 0.25) is 0 Å². The van der Waals surface area contributed by atoms with E-state index in [-0.39, 0.29) is 12.5 Å². The molecular weight excluding hydrogens is 530 g/mol. The van der Waals surface area contributed by atoms with Crippen molar-refractivity contribution in [2.24, 2.45) is 5.92 Å². The van der Waals surface area contributed by atoms with E-state index in [2.05, 4.69) is 15.6 Å². The van der Waals surface area contributed by atoms with Crippen LogP contribution in [-0.4, -0.2) is 30.1 Å². The van der Waals surface area contributed by atoms with E-state index >= 15 is 0 Å². The third-order valence-corrected chi connectivity index (χ3v) is 6.60. The van der Waals surface area contributed by atoms with E-state index in [1.807, 2.05) is 72.8 Å². The average molecular weight is 564 g/mol. The van der Waals surface area contributed by atoms with Crippen molar-refractivity contribution in [2.75, 3.05) is 7.11 Å². The minimum atomic E-state index is -0.728. The van der Waals surface area contributed by atoms with E-state index < -0.39 is 24.0 Å². The molecule has 1 heterocycles. The SMILES string of the molecule is COC(=O)c1ccc(C(NC(=O)OCc2ccccc2)/C(=C/[C@@H](C)C(=O)NCc2ccccc2)c2cccnc2)cc1. The number of esters is 1. The van der Waals surface area contributed by atoms with Crippen LogP contribution >= 0.6 is 0 Å². The molecule has 4 aromatic rings. The highest BCUT2D eigenvalue weighted by molar-refractivity contribution is 5.89. The van der Waals surface area contributed by atoms with E-state index in [1.165, 1.54) is 7.11 Å². The van der Waals surface area contributed by atoms with Gasteiger partial charge in [0, 0.05) is 18.9 Å². The smallest absolute Gasteiger partial charge is 0.408 e. The van der Waals surface area contributed by atoms with E-state index in [1.54, 1.807) is 49.6 Å². The Bertz CT molecular complexity index is 1490. The number of carbonyl (C=O) groups excluding carboxylic acids is 3. The van der Waals surface area contributed by atoms with Crippen LogP contribution in [0.5, 0.6) is 0 Å². The molecule has 214 valence electrons. The number of ether oxygens (including phenoxy) is 2. The molecule has 0 aliphatic carbocycles. The van der Waals surface area contributed by atoms with Gasteiger partial charge in [-0.3, -0.25) is 9.78 Å². The van der Waals surface area contributed by atoms with Gasteiger partial charge in [0.15, 0.2) is 0 Å². The first kappa shape index (κ1) is 29.7. The summed E-state index contributed by atoms with van der Waals surface area (Å²) in [6.07, 6.45) is 4.50. The summed E-state index contributed by atoms with van der Waals surface area (Å²) >= 11 is 0. The number of hydrogen-bond donors (Lipinski definition) is 2. The van der Waals surface area contributed by atoms with Gasteiger partial charge in [0.05, 0.1) is 24.6 Å². The lowest BCUT2D eigenvalue weighted by molar-refractivity contribution is -0.123. The standard InChI is InChI=1S/C34H33N3O5/c1-24(32(38)36-21-25-10-5-3-6-11-25)20-30(29-14-9-19-35-22-29)31(27-15-17-28(18-16-27)33(39)41-2)37-34(40)42-23-26-12-7-4-8-13-26/h3-20,22,24,31H,21,23H2,1-2H3,(H,36,38)(H,37,40)/b30-20+/t24-,31?/m1/s1. The monoisotopic (exact) mass is 563 g/mol. The van der Waals surface area contributed by atoms with Gasteiger partial charge in [-0.1, -0.05) is 91.9 Å². The van der Waals surface area contributed by atoms with Crippen molar-refractivity contribution in [3.63, 3.8) is 0 Å². The van der Waals surface area contributed by atoms with Crippen molar-refractivity contribution in [3.8, 4) is 0 Å². The van der Waals surface area contributed by atoms with Crippen molar-refractivity contribution in [1.29, 1.82) is 0 Å². The summed E-state index contributed by atoms with van der Waals surface area (Å²) in [6.45, 7) is 2.27. The number of pyridine rings is 1. The van der Waals surface area contributed by atoms with Crippen molar-refractivity contribution < 1.29 is 23.9 Å². The zero-order valence-electron chi connectivity index (χ0n) is 23.5. The van der Waals surface area contributed by atoms with Crippen LogP contribution in [0.1, 0.15) is 45.6 Å². The second kappa shape index (κ2) is 14.9. The fraction of sp³-hybridized carbons (Fsp3) is 0.176. The van der Waals surface area contributed by atoms with Gasteiger partial charge in [0.25, 0.3) is 0 Å². The van der Waals surface area contributed by atoms with Crippen molar-refractivity contribution in [1.82, 2.24) is 15.6 Å². The summed E-state index contributed by atoms with van der Waals surface area (Å²) in [5, 5.41) is 5.94. The third kappa shape index (κ3) is 8.38. The molecule has 2 N–H and O–H groups in total. The molecule has 1 unspecified atom stereocenters. The van der Waals surface area contributed by atoms with E-state index in [9.17, 15) is 14.4 Å². The molecular formula is C34H33N3O5. The van der Waals surface area contributed by atoms with Crippen molar-refractivity contribution in [2.45, 2.75) is 26.1 Å². The highest BCUT2D eigenvalue weighted by Gasteiger charge is 2.24. The predicted octanol–water partition coefficient (Wildman–Crippen LogP) is 5.87. The number of benzene rings is 3. The van der Waals surface area contributed by atoms with Gasteiger partial charge < -0.3 is 20.1 Å². The molecule has 0 saturated carbocycles. The molecule has 0 aliphatic heterocycles. The van der Waals surface area contributed by atoms with Crippen LogP contribution < -0.4 is 10.6 Å². The van der Waals surface area contributed by atoms with Gasteiger partial charge in [-0.05, 0) is 46.0 Å². The van der Waals surface area contributed by atoms with E-state index in [0.717, 1.165) is 11.1 Å². The number of amides is 2. The Labute approximate surface area is 245 Å². The van der Waals surface area contributed by atoms with Gasteiger partial charge in [-0.15, -0.1) is 0 Å². The van der Waals surface area contributed by atoms with Crippen molar-refractivity contribution in [3.05, 3.63) is 143 Å². The molecule has 2 atom stereocenters. The molecule has 3 aromatic carbocycles. The molecule has 0 spiro atoms. The number of carbonyl (C=O) groups is 3. The minimum absolute atomic E-state index is 0.0882. The number of aromatic nitrogens is 1. The maximum atomic E-state index is 13.1. The first-order valence-corrected chi connectivity index (χ1v) is 13.5. The normalized spacial score (nSPS) is 12.5. The maximum Gasteiger partial charge on any atom is 0.408 e. The highest BCUT2D eigenvalue weighted by Crippen LogP contribution is 2.32. The lowest BCUT2D eigenvalue weighted by Crippen LogP contribution is -2.31. The highest BCUT2D eigenvalue weighted by atomic mass is 16.5. The molecule has 4 rings (SSSR count). The number of hydrogen-bond acceptors (Lipinski definition) is 6. The fourth-order valence-electron chi connectivity index (χ4n) is 4.34. The summed E-state index contributed by atoms with van der Waals surface area (Å²) in [7, 11) is 1.32. The Kier molecular flexibility index (Phi) is 10.6. The summed E-state index contributed by atoms with van der Waals surface area (Å²) in [5.41, 5.74) is 4.23. The molecule has 0 bridgehead atoms. The van der Waals surface area contributed by atoms with Crippen LogP contribution in [0.4, 0.5) is 4.79 Å². The molecule has 42 heavy (non-hydrogen) atoms. The number of nitrogens with one attached hydrogen (secondary N) is 2. The Balaban J connectivity index is 1.65. The Morgan fingerprint density at radius 1 is 0.833 bits per heavy atom. The average Bonchev–Trinajstić information content (AvgIpc) is 3.05. The van der Waals surface area contributed by atoms with Gasteiger partial charge in [0.1, 0.15) is 6.61 Å². The summed E-state index contributed by atoms with van der Waals surface area (Å²) in [4.78, 5) is 42.6. The Morgan fingerprint density at radius 3 is 2.12 bits per heavy atom. The zero-order valence-corrected chi connectivity index (χ0v) is 23.5. The maximum absolute atomic E-state index is 13.1. The largest absolute Gasteiger partial charge is 0.465 e. The lowest BCUT2D eigenvalue weighted by Gasteiger charge is -2.24. The fourth-order valence-corrected chi connectivity index (χ4v) is 4.34. The van der Waals surface area contributed by atoms with Crippen LogP contribution in [0.3, 0.4) is 0 Å². The summed E-state index contributed by atoms with van der Waals surface area (Å²) in [5.74, 6) is -1.20. The molecule has 8 heteroatoms. The number of methoxy groups -OCH3 is 1. The van der Waals surface area contributed by atoms with Crippen LogP contribution in [0, 0.1) is 5.92 Å². The molecule has 0 fully saturated rings. The van der Waals surface area contributed by atoms with Gasteiger partial charge >= 0.3 is 12.1 Å². The minimum Gasteiger partial charge on any atom is -0.465 e. The molecule has 0 aliphatic rings. The molecule has 1 aromatic heterocycles.